The van der Waals surface area contributed by atoms with Gasteiger partial charge >= 0.3 is 0 Å². The van der Waals surface area contributed by atoms with E-state index >= 15 is 4.39 Å². The van der Waals surface area contributed by atoms with Gasteiger partial charge in [0.15, 0.2) is 0 Å². The number of rotatable bonds is 6. The first-order chi connectivity index (χ1) is 13.0. The van der Waals surface area contributed by atoms with Crippen molar-refractivity contribution in [3.63, 3.8) is 0 Å². The molecule has 0 aliphatic carbocycles. The molecular weight excluding hydrogens is 337 g/mol. The Hall–Kier alpha value is -3.07. The van der Waals surface area contributed by atoms with E-state index in [4.69, 9.17) is 0 Å². The third kappa shape index (κ3) is 3.59. The van der Waals surface area contributed by atoms with E-state index in [1.807, 2.05) is 32.0 Å². The van der Waals surface area contributed by atoms with Crippen LogP contribution in [0.2, 0.25) is 0 Å². The molecule has 0 fully saturated rings. The van der Waals surface area contributed by atoms with Crippen molar-refractivity contribution in [1.29, 1.82) is 0 Å². The molecule has 0 spiro atoms. The lowest BCUT2D eigenvalue weighted by molar-refractivity contribution is 0.0625. The van der Waals surface area contributed by atoms with Crippen LogP contribution in [-0.2, 0) is 5.67 Å². The van der Waals surface area contributed by atoms with Crippen LogP contribution in [0, 0.1) is 13.8 Å². The van der Waals surface area contributed by atoms with Crippen molar-refractivity contribution in [1.82, 2.24) is 4.98 Å². The van der Waals surface area contributed by atoms with Crippen molar-refractivity contribution >= 4 is 5.78 Å². The van der Waals surface area contributed by atoms with Gasteiger partial charge in [0.2, 0.25) is 11.5 Å². The lowest BCUT2D eigenvalue weighted by atomic mass is 9.75. The molecule has 3 heteroatoms. The summed E-state index contributed by atoms with van der Waals surface area (Å²) in [5.74, 6) is -1.48. The number of alkyl halides is 1. The standard InChI is InChI=1S/C24H22FNO/c1-4-21(20-15-17(2)14-18(3)16-20)24(25,22-12-8-9-13-26-22)23(27)19-10-6-5-7-11-19/h4-16,21H,1H2,2-3H3/t21-,24+/m0/s1. The quantitative estimate of drug-likeness (QED) is 0.416. The fraction of sp³-hybridized carbons (Fsp3) is 0.167. The van der Waals surface area contributed by atoms with Crippen molar-refractivity contribution in [2.75, 3.05) is 0 Å². The molecule has 0 aliphatic heterocycles. The molecule has 136 valence electrons. The van der Waals surface area contributed by atoms with E-state index in [0.717, 1.165) is 11.1 Å². The molecule has 3 aromatic rings. The van der Waals surface area contributed by atoms with Gasteiger partial charge < -0.3 is 0 Å². The van der Waals surface area contributed by atoms with Gasteiger partial charge in [-0.2, -0.15) is 0 Å². The van der Waals surface area contributed by atoms with Crippen molar-refractivity contribution in [2.45, 2.75) is 25.4 Å². The van der Waals surface area contributed by atoms with Crippen LogP contribution in [-0.4, -0.2) is 10.8 Å². The van der Waals surface area contributed by atoms with E-state index in [-0.39, 0.29) is 5.69 Å². The van der Waals surface area contributed by atoms with Gasteiger partial charge in [-0.25, -0.2) is 4.39 Å². The Morgan fingerprint density at radius 1 is 1.04 bits per heavy atom. The minimum Gasteiger partial charge on any atom is -0.290 e. The second-order valence-electron chi connectivity index (χ2n) is 6.76. The Balaban J connectivity index is 2.22. The zero-order valence-electron chi connectivity index (χ0n) is 15.5. The van der Waals surface area contributed by atoms with Crippen LogP contribution in [0.3, 0.4) is 0 Å². The van der Waals surface area contributed by atoms with E-state index in [1.54, 1.807) is 48.5 Å². The van der Waals surface area contributed by atoms with E-state index in [1.165, 1.54) is 12.3 Å². The first kappa shape index (κ1) is 18.7. The maximum Gasteiger partial charge on any atom is 0.225 e. The fourth-order valence-corrected chi connectivity index (χ4v) is 3.51. The average Bonchev–Trinajstić information content (AvgIpc) is 2.68. The van der Waals surface area contributed by atoms with Gasteiger partial charge in [0, 0.05) is 17.7 Å². The normalized spacial score (nSPS) is 14.2. The van der Waals surface area contributed by atoms with Crippen LogP contribution in [0.4, 0.5) is 4.39 Å². The SMILES string of the molecule is C=C[C@@H](c1cc(C)cc(C)c1)[C@](F)(C(=O)c1ccccc1)c1ccccn1. The maximum absolute atomic E-state index is 16.7. The Morgan fingerprint density at radius 2 is 1.67 bits per heavy atom. The van der Waals surface area contributed by atoms with Gasteiger partial charge in [-0.1, -0.05) is 71.8 Å². The summed E-state index contributed by atoms with van der Waals surface area (Å²) in [5, 5.41) is 0. The Bertz CT molecular complexity index is 932. The van der Waals surface area contributed by atoms with Gasteiger partial charge in [-0.05, 0) is 31.5 Å². The maximum atomic E-state index is 16.7. The largest absolute Gasteiger partial charge is 0.290 e. The summed E-state index contributed by atoms with van der Waals surface area (Å²) >= 11 is 0. The number of Topliss-reactive ketones (excluding diaryl/α,β-unsaturated/α-hetero) is 1. The van der Waals surface area contributed by atoms with Gasteiger partial charge in [0.05, 0.1) is 5.69 Å². The number of ketones is 1. The third-order valence-corrected chi connectivity index (χ3v) is 4.67. The highest BCUT2D eigenvalue weighted by molar-refractivity contribution is 6.03. The molecular formula is C24H22FNO. The predicted molar refractivity (Wildman–Crippen MR) is 107 cm³/mol. The monoisotopic (exact) mass is 359 g/mol. The average molecular weight is 359 g/mol. The van der Waals surface area contributed by atoms with Gasteiger partial charge in [0.1, 0.15) is 0 Å². The molecule has 2 aromatic carbocycles. The number of aryl methyl sites for hydroxylation is 2. The number of hydrogen-bond donors (Lipinski definition) is 0. The zero-order valence-corrected chi connectivity index (χ0v) is 15.5. The van der Waals surface area contributed by atoms with Crippen molar-refractivity contribution in [3.05, 3.63) is 114 Å². The van der Waals surface area contributed by atoms with E-state index < -0.39 is 17.4 Å². The van der Waals surface area contributed by atoms with Crippen LogP contribution in [0.25, 0.3) is 0 Å². The number of allylic oxidation sites excluding steroid dienone is 1. The summed E-state index contributed by atoms with van der Waals surface area (Å²) in [6.07, 6.45) is 3.01. The summed E-state index contributed by atoms with van der Waals surface area (Å²) in [6.45, 7) is 7.75. The molecule has 2 nitrogen and oxygen atoms in total. The Kier molecular flexibility index (Phi) is 5.31. The zero-order chi connectivity index (χ0) is 19.4. The summed E-state index contributed by atoms with van der Waals surface area (Å²) < 4.78 is 16.7. The molecule has 0 N–H and O–H groups in total. The Labute approximate surface area is 159 Å². The highest BCUT2D eigenvalue weighted by Crippen LogP contribution is 2.43. The number of pyridine rings is 1. The topological polar surface area (TPSA) is 30.0 Å². The predicted octanol–water partition coefficient (Wildman–Crippen LogP) is 5.72. The molecule has 0 saturated heterocycles. The van der Waals surface area contributed by atoms with Crippen molar-refractivity contribution < 1.29 is 9.18 Å². The smallest absolute Gasteiger partial charge is 0.225 e. The van der Waals surface area contributed by atoms with Crippen LogP contribution >= 0.6 is 0 Å². The van der Waals surface area contributed by atoms with Crippen LogP contribution in [0.15, 0.2) is 85.6 Å². The second kappa shape index (κ2) is 7.67. The van der Waals surface area contributed by atoms with E-state index in [9.17, 15) is 4.79 Å². The van der Waals surface area contributed by atoms with Crippen LogP contribution in [0.1, 0.15) is 38.7 Å². The minimum absolute atomic E-state index is 0.0860. The number of carbonyl (C=O) groups is 1. The summed E-state index contributed by atoms with van der Waals surface area (Å²) in [7, 11) is 0. The molecule has 1 aromatic heterocycles. The van der Waals surface area contributed by atoms with Crippen LogP contribution < -0.4 is 0 Å². The summed E-state index contributed by atoms with van der Waals surface area (Å²) in [5.41, 5.74) is 0.759. The number of halogens is 1. The Morgan fingerprint density at radius 3 is 2.22 bits per heavy atom. The molecule has 3 rings (SSSR count). The number of carbonyl (C=O) groups excluding carboxylic acids is 1. The number of nitrogens with zero attached hydrogens (tertiary/aromatic N) is 1. The third-order valence-electron chi connectivity index (χ3n) is 4.67. The van der Waals surface area contributed by atoms with Gasteiger partial charge in [0.25, 0.3) is 0 Å². The van der Waals surface area contributed by atoms with E-state index in [2.05, 4.69) is 11.6 Å². The molecule has 0 aliphatic rings. The molecule has 1 heterocycles. The van der Waals surface area contributed by atoms with Crippen LogP contribution in [0.5, 0.6) is 0 Å². The van der Waals surface area contributed by atoms with E-state index in [0.29, 0.717) is 11.1 Å². The highest BCUT2D eigenvalue weighted by atomic mass is 19.1. The molecule has 2 atom stereocenters. The summed E-state index contributed by atoms with van der Waals surface area (Å²) in [6, 6.07) is 19.3. The molecule has 0 saturated carbocycles. The molecule has 27 heavy (non-hydrogen) atoms. The van der Waals surface area contributed by atoms with Crippen molar-refractivity contribution in [2.24, 2.45) is 0 Å². The molecule has 0 amide bonds. The minimum atomic E-state index is -2.36. The number of aromatic nitrogens is 1. The highest BCUT2D eigenvalue weighted by Gasteiger charge is 2.48. The van der Waals surface area contributed by atoms with Crippen molar-refractivity contribution in [3.8, 4) is 0 Å². The fourth-order valence-electron chi connectivity index (χ4n) is 3.51. The second-order valence-corrected chi connectivity index (χ2v) is 6.76. The molecule has 0 radical (unpaired) electrons. The van der Waals surface area contributed by atoms with Gasteiger partial charge in [-0.3, -0.25) is 9.78 Å². The summed E-state index contributed by atoms with van der Waals surface area (Å²) in [4.78, 5) is 17.5. The number of benzene rings is 2. The molecule has 0 unspecified atom stereocenters. The van der Waals surface area contributed by atoms with Gasteiger partial charge in [-0.15, -0.1) is 6.58 Å². The lowest BCUT2D eigenvalue weighted by Crippen LogP contribution is -2.38. The first-order valence-corrected chi connectivity index (χ1v) is 8.88. The number of hydrogen-bond acceptors (Lipinski definition) is 2. The molecule has 0 bridgehead atoms. The lowest BCUT2D eigenvalue weighted by Gasteiger charge is -2.31. The first-order valence-electron chi connectivity index (χ1n) is 8.88.